The summed E-state index contributed by atoms with van der Waals surface area (Å²) in [6.45, 7) is 3.35. The van der Waals surface area contributed by atoms with E-state index in [9.17, 15) is 0 Å². The van der Waals surface area contributed by atoms with Gasteiger partial charge in [-0.15, -0.1) is 0 Å². The second kappa shape index (κ2) is 4.45. The summed E-state index contributed by atoms with van der Waals surface area (Å²) < 4.78 is 2.27. The maximum Gasteiger partial charge on any atom is 0.135 e. The van der Waals surface area contributed by atoms with E-state index >= 15 is 0 Å². The van der Waals surface area contributed by atoms with Crippen molar-refractivity contribution >= 4 is 5.57 Å². The van der Waals surface area contributed by atoms with E-state index in [1.165, 1.54) is 43.5 Å². The Morgan fingerprint density at radius 2 is 2.36 bits per heavy atom. The zero-order chi connectivity index (χ0) is 9.80. The molecule has 0 saturated carbocycles. The molecule has 0 bridgehead atoms. The summed E-state index contributed by atoms with van der Waals surface area (Å²) in [6, 6.07) is 0. The van der Waals surface area contributed by atoms with Crippen LogP contribution in [0.3, 0.4) is 0 Å². The maximum atomic E-state index is 4.41. The van der Waals surface area contributed by atoms with Crippen LogP contribution in [0.15, 0.2) is 18.5 Å². The number of aromatic nitrogens is 2. The Hall–Kier alpha value is -1.05. The molecular formula is C12H18N2. The first kappa shape index (κ1) is 9.50. The minimum absolute atomic E-state index is 1.10. The third kappa shape index (κ3) is 1.89. The van der Waals surface area contributed by atoms with Crippen molar-refractivity contribution in [3.63, 3.8) is 0 Å². The molecule has 0 aliphatic carbocycles. The van der Waals surface area contributed by atoms with Gasteiger partial charge in [-0.25, -0.2) is 4.98 Å². The van der Waals surface area contributed by atoms with Crippen LogP contribution in [0.2, 0.25) is 0 Å². The lowest BCUT2D eigenvalue weighted by atomic mass is 10.0. The van der Waals surface area contributed by atoms with Crippen LogP contribution in [0.4, 0.5) is 0 Å². The van der Waals surface area contributed by atoms with Crippen molar-refractivity contribution in [1.29, 1.82) is 0 Å². The second-order valence-electron chi connectivity index (χ2n) is 3.92. The van der Waals surface area contributed by atoms with Crippen molar-refractivity contribution in [2.45, 2.75) is 45.6 Å². The van der Waals surface area contributed by atoms with Gasteiger partial charge in [0.25, 0.3) is 0 Å². The molecule has 0 fully saturated rings. The third-order valence-electron chi connectivity index (χ3n) is 2.81. The lowest BCUT2D eigenvalue weighted by Crippen LogP contribution is -2.07. The van der Waals surface area contributed by atoms with E-state index in [0.717, 1.165) is 6.54 Å². The number of rotatable bonds is 4. The highest BCUT2D eigenvalue weighted by Gasteiger charge is 2.11. The molecule has 1 aromatic heterocycles. The predicted molar refractivity (Wildman–Crippen MR) is 59.0 cm³/mol. The van der Waals surface area contributed by atoms with E-state index in [1.54, 1.807) is 0 Å². The minimum Gasteiger partial charge on any atom is -0.331 e. The molecule has 1 aliphatic rings. The van der Waals surface area contributed by atoms with Crippen molar-refractivity contribution in [1.82, 2.24) is 9.55 Å². The van der Waals surface area contributed by atoms with Crippen LogP contribution in [0.5, 0.6) is 0 Å². The number of hydrogen-bond acceptors (Lipinski definition) is 1. The normalized spacial score (nSPS) is 15.1. The molecule has 2 heterocycles. The monoisotopic (exact) mass is 190 g/mol. The van der Waals surface area contributed by atoms with Crippen molar-refractivity contribution in [2.75, 3.05) is 0 Å². The Labute approximate surface area is 85.7 Å². The molecule has 76 valence electrons. The van der Waals surface area contributed by atoms with E-state index in [4.69, 9.17) is 0 Å². The van der Waals surface area contributed by atoms with Gasteiger partial charge in [-0.2, -0.15) is 0 Å². The van der Waals surface area contributed by atoms with E-state index in [1.807, 2.05) is 6.20 Å². The Kier molecular flexibility index (Phi) is 3.02. The molecule has 0 atom stereocenters. The lowest BCUT2D eigenvalue weighted by Gasteiger charge is -2.15. The molecule has 0 amide bonds. The molecule has 2 rings (SSSR count). The minimum atomic E-state index is 1.10. The SMILES string of the molecule is CCCCCC1=CCCn2ccnc21. The lowest BCUT2D eigenvalue weighted by molar-refractivity contribution is 0.665. The average Bonchev–Trinajstić information content (AvgIpc) is 2.67. The maximum absolute atomic E-state index is 4.41. The number of unbranched alkanes of at least 4 members (excludes halogenated alkanes) is 2. The van der Waals surface area contributed by atoms with Crippen LogP contribution in [0.25, 0.3) is 5.57 Å². The fourth-order valence-electron chi connectivity index (χ4n) is 2.03. The number of fused-ring (bicyclic) bond motifs is 1. The molecule has 1 aliphatic heterocycles. The fourth-order valence-corrected chi connectivity index (χ4v) is 2.03. The van der Waals surface area contributed by atoms with Gasteiger partial charge in [-0.1, -0.05) is 25.8 Å². The highest BCUT2D eigenvalue weighted by Crippen LogP contribution is 2.24. The molecule has 0 saturated heterocycles. The summed E-state index contributed by atoms with van der Waals surface area (Å²) in [5, 5.41) is 0. The molecule has 14 heavy (non-hydrogen) atoms. The van der Waals surface area contributed by atoms with Crippen LogP contribution in [-0.4, -0.2) is 9.55 Å². The summed E-state index contributed by atoms with van der Waals surface area (Å²) in [4.78, 5) is 4.41. The van der Waals surface area contributed by atoms with Gasteiger partial charge in [-0.3, -0.25) is 0 Å². The largest absolute Gasteiger partial charge is 0.331 e. The number of aryl methyl sites for hydroxylation is 1. The number of nitrogens with zero attached hydrogens (tertiary/aromatic N) is 2. The molecule has 2 nitrogen and oxygen atoms in total. The van der Waals surface area contributed by atoms with Crippen LogP contribution >= 0.6 is 0 Å². The Bertz CT molecular complexity index is 323. The molecule has 0 aromatic carbocycles. The van der Waals surface area contributed by atoms with E-state index in [-0.39, 0.29) is 0 Å². The van der Waals surface area contributed by atoms with Crippen LogP contribution in [0, 0.1) is 0 Å². The molecule has 0 unspecified atom stereocenters. The van der Waals surface area contributed by atoms with Crippen LogP contribution < -0.4 is 0 Å². The van der Waals surface area contributed by atoms with Crippen LogP contribution in [0.1, 0.15) is 44.9 Å². The molecule has 2 heteroatoms. The summed E-state index contributed by atoms with van der Waals surface area (Å²) in [6.07, 6.45) is 12.7. The standard InChI is InChI=1S/C12H18N2/c1-2-3-4-6-11-7-5-9-14-10-8-13-12(11)14/h7-8,10H,2-6,9H2,1H3. The van der Waals surface area contributed by atoms with Crippen molar-refractivity contribution in [2.24, 2.45) is 0 Å². The Morgan fingerprint density at radius 3 is 3.21 bits per heavy atom. The first-order chi connectivity index (χ1) is 6.92. The van der Waals surface area contributed by atoms with Gasteiger partial charge in [0.2, 0.25) is 0 Å². The van der Waals surface area contributed by atoms with Gasteiger partial charge >= 0.3 is 0 Å². The zero-order valence-electron chi connectivity index (χ0n) is 8.87. The predicted octanol–water partition coefficient (Wildman–Crippen LogP) is 3.25. The van der Waals surface area contributed by atoms with Crippen molar-refractivity contribution in [3.05, 3.63) is 24.3 Å². The van der Waals surface area contributed by atoms with Gasteiger partial charge < -0.3 is 4.57 Å². The number of hydrogen-bond donors (Lipinski definition) is 0. The average molecular weight is 190 g/mol. The van der Waals surface area contributed by atoms with E-state index in [0.29, 0.717) is 0 Å². The van der Waals surface area contributed by atoms with E-state index < -0.39 is 0 Å². The first-order valence-electron chi connectivity index (χ1n) is 5.62. The van der Waals surface area contributed by atoms with Gasteiger partial charge in [-0.05, 0) is 24.8 Å². The smallest absolute Gasteiger partial charge is 0.135 e. The molecule has 0 radical (unpaired) electrons. The van der Waals surface area contributed by atoms with Gasteiger partial charge in [0, 0.05) is 18.9 Å². The van der Waals surface area contributed by atoms with Crippen molar-refractivity contribution in [3.8, 4) is 0 Å². The quantitative estimate of drug-likeness (QED) is 0.666. The zero-order valence-corrected chi connectivity index (χ0v) is 8.87. The van der Waals surface area contributed by atoms with Crippen LogP contribution in [-0.2, 0) is 6.54 Å². The topological polar surface area (TPSA) is 17.8 Å². The van der Waals surface area contributed by atoms with E-state index in [2.05, 4.69) is 28.7 Å². The van der Waals surface area contributed by atoms with Gasteiger partial charge in [0.1, 0.15) is 5.82 Å². The highest BCUT2D eigenvalue weighted by atomic mass is 15.1. The third-order valence-corrected chi connectivity index (χ3v) is 2.81. The molecule has 0 N–H and O–H groups in total. The fraction of sp³-hybridized carbons (Fsp3) is 0.583. The van der Waals surface area contributed by atoms with Gasteiger partial charge in [0.15, 0.2) is 0 Å². The molecular weight excluding hydrogens is 172 g/mol. The summed E-state index contributed by atoms with van der Waals surface area (Å²) >= 11 is 0. The number of imidazole rings is 1. The summed E-state index contributed by atoms with van der Waals surface area (Å²) in [5.41, 5.74) is 1.45. The first-order valence-corrected chi connectivity index (χ1v) is 5.62. The highest BCUT2D eigenvalue weighted by molar-refractivity contribution is 5.61. The Balaban J connectivity index is 2.02. The molecule has 0 spiro atoms. The summed E-state index contributed by atoms with van der Waals surface area (Å²) in [7, 11) is 0. The summed E-state index contributed by atoms with van der Waals surface area (Å²) in [5.74, 6) is 1.20. The van der Waals surface area contributed by atoms with Crippen molar-refractivity contribution < 1.29 is 0 Å². The second-order valence-corrected chi connectivity index (χ2v) is 3.92. The van der Waals surface area contributed by atoms with Gasteiger partial charge in [0.05, 0.1) is 0 Å². The molecule has 1 aromatic rings. The Morgan fingerprint density at radius 1 is 1.43 bits per heavy atom. The number of allylic oxidation sites excluding steroid dienone is 2.